The van der Waals surface area contributed by atoms with Crippen molar-refractivity contribution in [3.63, 3.8) is 0 Å². The van der Waals surface area contributed by atoms with E-state index in [0.717, 1.165) is 6.07 Å². The van der Waals surface area contributed by atoms with E-state index in [-0.39, 0.29) is 5.56 Å². The Bertz CT molecular complexity index is 705. The zero-order valence-corrected chi connectivity index (χ0v) is 12.4. The van der Waals surface area contributed by atoms with Gasteiger partial charge in [0.15, 0.2) is 6.10 Å². The molecule has 1 N–H and O–H groups in total. The molecule has 0 aliphatic rings. The van der Waals surface area contributed by atoms with E-state index >= 15 is 0 Å². The van der Waals surface area contributed by atoms with Crippen LogP contribution in [0, 0.1) is 5.82 Å². The van der Waals surface area contributed by atoms with Crippen molar-refractivity contribution in [2.45, 2.75) is 13.0 Å². The molecule has 4 nitrogen and oxygen atoms in total. The topological polar surface area (TPSA) is 55.4 Å². The second-order valence-electron chi connectivity index (χ2n) is 4.53. The first-order valence-corrected chi connectivity index (χ1v) is 6.87. The average molecular weight is 322 g/mol. The van der Waals surface area contributed by atoms with Crippen molar-refractivity contribution in [1.82, 2.24) is 0 Å². The van der Waals surface area contributed by atoms with Crippen molar-refractivity contribution < 1.29 is 18.7 Å². The predicted octanol–water partition coefficient (Wildman–Crippen LogP) is 3.66. The Morgan fingerprint density at radius 2 is 1.91 bits per heavy atom. The van der Waals surface area contributed by atoms with Crippen LogP contribution in [0.25, 0.3) is 0 Å². The Hall–Kier alpha value is -2.40. The summed E-state index contributed by atoms with van der Waals surface area (Å²) in [4.78, 5) is 23.8. The summed E-state index contributed by atoms with van der Waals surface area (Å²) in [5.41, 5.74) is 0.459. The molecule has 114 valence electrons. The van der Waals surface area contributed by atoms with Gasteiger partial charge in [-0.2, -0.15) is 0 Å². The summed E-state index contributed by atoms with van der Waals surface area (Å²) in [5, 5.41) is 2.93. The Labute approximate surface area is 131 Å². The van der Waals surface area contributed by atoms with Gasteiger partial charge in [-0.15, -0.1) is 0 Å². The van der Waals surface area contributed by atoms with Crippen LogP contribution < -0.4 is 5.32 Å². The highest BCUT2D eigenvalue weighted by Gasteiger charge is 2.19. The molecule has 0 saturated heterocycles. The summed E-state index contributed by atoms with van der Waals surface area (Å²) < 4.78 is 18.1. The first-order valence-electron chi connectivity index (χ1n) is 6.49. The molecule has 2 aromatic rings. The third-order valence-electron chi connectivity index (χ3n) is 2.85. The molecule has 1 atom stereocenters. The number of para-hydroxylation sites is 1. The third kappa shape index (κ3) is 4.05. The molecule has 0 heterocycles. The summed E-state index contributed by atoms with van der Waals surface area (Å²) in [6, 6.07) is 11.7. The van der Waals surface area contributed by atoms with Gasteiger partial charge in [-0.25, -0.2) is 9.18 Å². The second-order valence-corrected chi connectivity index (χ2v) is 4.93. The number of hydrogen-bond acceptors (Lipinski definition) is 3. The minimum Gasteiger partial charge on any atom is -0.449 e. The van der Waals surface area contributed by atoms with Gasteiger partial charge in [0, 0.05) is 0 Å². The Morgan fingerprint density at radius 1 is 1.18 bits per heavy atom. The van der Waals surface area contributed by atoms with Crippen molar-refractivity contribution in [3.05, 3.63) is 64.9 Å². The van der Waals surface area contributed by atoms with Crippen LogP contribution in [0.2, 0.25) is 5.02 Å². The van der Waals surface area contributed by atoms with Gasteiger partial charge in [-0.3, -0.25) is 4.79 Å². The lowest BCUT2D eigenvalue weighted by Gasteiger charge is -2.14. The molecule has 0 aliphatic carbocycles. The number of halogens is 2. The molecule has 0 saturated carbocycles. The number of ether oxygens (including phenoxy) is 1. The van der Waals surface area contributed by atoms with Crippen molar-refractivity contribution >= 4 is 29.2 Å². The summed E-state index contributed by atoms with van der Waals surface area (Å²) >= 11 is 5.93. The number of anilines is 1. The van der Waals surface area contributed by atoms with E-state index in [1.54, 1.807) is 24.3 Å². The average Bonchev–Trinajstić information content (AvgIpc) is 2.49. The molecule has 2 rings (SSSR count). The molecule has 1 unspecified atom stereocenters. The lowest BCUT2D eigenvalue weighted by Crippen LogP contribution is -2.30. The molecule has 0 fully saturated rings. The molecule has 0 aliphatic heterocycles. The molecule has 0 spiro atoms. The number of esters is 1. The molecule has 1 amide bonds. The molecule has 0 radical (unpaired) electrons. The van der Waals surface area contributed by atoms with Gasteiger partial charge in [0.25, 0.3) is 5.91 Å². The minimum absolute atomic E-state index is 0.0393. The monoisotopic (exact) mass is 321 g/mol. The number of amides is 1. The Kier molecular flexibility index (Phi) is 5.12. The SMILES string of the molecule is CC(OC(=O)c1cccc(F)c1)C(=O)Nc1ccccc1Cl. The lowest BCUT2D eigenvalue weighted by molar-refractivity contribution is -0.123. The maximum absolute atomic E-state index is 13.1. The standard InChI is InChI=1S/C16H13ClFNO3/c1-10(15(20)19-14-8-3-2-7-13(14)17)22-16(21)11-5-4-6-12(18)9-11/h2-10H,1H3,(H,19,20). The number of hydrogen-bond donors (Lipinski definition) is 1. The van der Waals surface area contributed by atoms with E-state index in [2.05, 4.69) is 5.32 Å². The molecule has 2 aromatic carbocycles. The van der Waals surface area contributed by atoms with Crippen LogP contribution in [0.1, 0.15) is 17.3 Å². The van der Waals surface area contributed by atoms with E-state index < -0.39 is 23.8 Å². The van der Waals surface area contributed by atoms with E-state index in [4.69, 9.17) is 16.3 Å². The van der Waals surface area contributed by atoms with Gasteiger partial charge in [-0.05, 0) is 37.3 Å². The fraction of sp³-hybridized carbons (Fsp3) is 0.125. The van der Waals surface area contributed by atoms with Crippen molar-refractivity contribution in [2.75, 3.05) is 5.32 Å². The van der Waals surface area contributed by atoms with Gasteiger partial charge in [0.2, 0.25) is 0 Å². The van der Waals surface area contributed by atoms with Gasteiger partial charge in [-0.1, -0.05) is 29.8 Å². The van der Waals surface area contributed by atoms with Crippen molar-refractivity contribution in [2.24, 2.45) is 0 Å². The number of carbonyl (C=O) groups is 2. The number of rotatable bonds is 4. The van der Waals surface area contributed by atoms with Crippen LogP contribution in [0.15, 0.2) is 48.5 Å². The van der Waals surface area contributed by atoms with Gasteiger partial charge in [0.05, 0.1) is 16.3 Å². The molecule has 0 bridgehead atoms. The first-order chi connectivity index (χ1) is 10.5. The van der Waals surface area contributed by atoms with E-state index in [1.807, 2.05) is 0 Å². The quantitative estimate of drug-likeness (QED) is 0.874. The van der Waals surface area contributed by atoms with Crippen molar-refractivity contribution in [1.29, 1.82) is 0 Å². The molecular formula is C16H13ClFNO3. The normalized spacial score (nSPS) is 11.6. The largest absolute Gasteiger partial charge is 0.449 e. The minimum atomic E-state index is -1.05. The number of nitrogens with one attached hydrogen (secondary N) is 1. The van der Waals surface area contributed by atoms with Crippen LogP contribution in [-0.2, 0) is 9.53 Å². The van der Waals surface area contributed by atoms with Crippen LogP contribution in [0.5, 0.6) is 0 Å². The summed E-state index contributed by atoms with van der Waals surface area (Å²) in [6.45, 7) is 1.42. The van der Waals surface area contributed by atoms with Gasteiger partial charge in [0.1, 0.15) is 5.82 Å². The van der Waals surface area contributed by atoms with Gasteiger partial charge >= 0.3 is 5.97 Å². The third-order valence-corrected chi connectivity index (χ3v) is 3.17. The zero-order valence-electron chi connectivity index (χ0n) is 11.7. The zero-order chi connectivity index (χ0) is 16.1. The summed E-state index contributed by atoms with van der Waals surface area (Å²) in [6.07, 6.45) is -1.05. The highest BCUT2D eigenvalue weighted by Crippen LogP contribution is 2.20. The highest BCUT2D eigenvalue weighted by molar-refractivity contribution is 6.33. The van der Waals surface area contributed by atoms with Crippen LogP contribution >= 0.6 is 11.6 Å². The Morgan fingerprint density at radius 3 is 2.59 bits per heavy atom. The smallest absolute Gasteiger partial charge is 0.339 e. The summed E-state index contributed by atoms with van der Waals surface area (Å²) in [5.74, 6) is -1.86. The van der Waals surface area contributed by atoms with E-state index in [1.165, 1.54) is 25.1 Å². The summed E-state index contributed by atoms with van der Waals surface area (Å²) in [7, 11) is 0. The number of carbonyl (C=O) groups excluding carboxylic acids is 2. The van der Waals surface area contributed by atoms with Crippen LogP contribution in [0.4, 0.5) is 10.1 Å². The fourth-order valence-electron chi connectivity index (χ4n) is 1.69. The van der Waals surface area contributed by atoms with Crippen LogP contribution in [-0.4, -0.2) is 18.0 Å². The van der Waals surface area contributed by atoms with E-state index in [9.17, 15) is 14.0 Å². The van der Waals surface area contributed by atoms with Crippen LogP contribution in [0.3, 0.4) is 0 Å². The Balaban J connectivity index is 1.99. The van der Waals surface area contributed by atoms with E-state index in [0.29, 0.717) is 10.7 Å². The first kappa shape index (κ1) is 16.0. The maximum atomic E-state index is 13.1. The predicted molar refractivity (Wildman–Crippen MR) is 81.4 cm³/mol. The van der Waals surface area contributed by atoms with Gasteiger partial charge < -0.3 is 10.1 Å². The fourth-order valence-corrected chi connectivity index (χ4v) is 1.88. The number of benzene rings is 2. The molecule has 0 aromatic heterocycles. The lowest BCUT2D eigenvalue weighted by atomic mass is 10.2. The maximum Gasteiger partial charge on any atom is 0.339 e. The highest BCUT2D eigenvalue weighted by atomic mass is 35.5. The molecular weight excluding hydrogens is 309 g/mol. The molecule has 6 heteroatoms. The molecule has 22 heavy (non-hydrogen) atoms. The second kappa shape index (κ2) is 7.04. The van der Waals surface area contributed by atoms with Crippen molar-refractivity contribution in [3.8, 4) is 0 Å².